The van der Waals surface area contributed by atoms with Gasteiger partial charge < -0.3 is 28.7 Å². The van der Waals surface area contributed by atoms with Crippen molar-refractivity contribution in [2.45, 2.75) is 19.9 Å². The summed E-state index contributed by atoms with van der Waals surface area (Å²) >= 11 is 0. The zero-order chi connectivity index (χ0) is 24.0. The van der Waals surface area contributed by atoms with Crippen LogP contribution >= 0.6 is 0 Å². The van der Waals surface area contributed by atoms with Crippen LogP contribution in [0.1, 0.15) is 25.5 Å². The van der Waals surface area contributed by atoms with Gasteiger partial charge in [-0.25, -0.2) is 9.79 Å². The van der Waals surface area contributed by atoms with Crippen LogP contribution in [0, 0.1) is 5.92 Å². The Balaban J connectivity index is 1.90. The van der Waals surface area contributed by atoms with Crippen LogP contribution < -0.4 is 14.8 Å². The third-order valence-electron chi connectivity index (χ3n) is 5.49. The van der Waals surface area contributed by atoms with Crippen LogP contribution in [0.4, 0.5) is 4.79 Å². The highest BCUT2D eigenvalue weighted by molar-refractivity contribution is 6.08. The van der Waals surface area contributed by atoms with Gasteiger partial charge in [0.2, 0.25) is 11.9 Å². The predicted molar refractivity (Wildman–Crippen MR) is 118 cm³/mol. The molecule has 2 amide bonds. The molecule has 0 bridgehead atoms. The van der Waals surface area contributed by atoms with Crippen molar-refractivity contribution in [2.24, 2.45) is 10.9 Å². The van der Waals surface area contributed by atoms with Gasteiger partial charge in [-0.15, -0.1) is 0 Å². The van der Waals surface area contributed by atoms with Crippen molar-refractivity contribution in [1.29, 1.82) is 0 Å². The van der Waals surface area contributed by atoms with Crippen molar-refractivity contribution in [3.8, 4) is 11.5 Å². The molecule has 0 aromatic heterocycles. The number of aliphatic imine (C=N–C) groups is 1. The van der Waals surface area contributed by atoms with E-state index in [9.17, 15) is 14.4 Å². The number of carbonyl (C=O) groups is 3. The molecule has 0 saturated carbocycles. The second-order valence-corrected chi connectivity index (χ2v) is 7.40. The van der Waals surface area contributed by atoms with Crippen molar-refractivity contribution in [3.05, 3.63) is 23.8 Å². The summed E-state index contributed by atoms with van der Waals surface area (Å²) in [6.07, 6.45) is -0.364. The summed E-state index contributed by atoms with van der Waals surface area (Å²) in [7, 11) is 3.04. The van der Waals surface area contributed by atoms with Gasteiger partial charge in [-0.2, -0.15) is 0 Å². The maximum Gasteiger partial charge on any atom is 0.409 e. The topological polar surface area (TPSA) is 119 Å². The highest BCUT2D eigenvalue weighted by Crippen LogP contribution is 2.36. The van der Waals surface area contributed by atoms with E-state index < -0.39 is 23.8 Å². The molecule has 0 unspecified atom stereocenters. The molecule has 1 saturated heterocycles. The van der Waals surface area contributed by atoms with Crippen LogP contribution in [0.2, 0.25) is 0 Å². The number of nitrogens with zero attached hydrogens (tertiary/aromatic N) is 3. The first-order valence-electron chi connectivity index (χ1n) is 10.9. The summed E-state index contributed by atoms with van der Waals surface area (Å²) in [5.41, 5.74) is 0.614. The van der Waals surface area contributed by atoms with Gasteiger partial charge in [0.05, 0.1) is 27.4 Å². The first-order chi connectivity index (χ1) is 15.9. The lowest BCUT2D eigenvalue weighted by atomic mass is 9.91. The van der Waals surface area contributed by atoms with Crippen LogP contribution in [0.15, 0.2) is 23.2 Å². The average Bonchev–Trinajstić information content (AvgIpc) is 2.83. The molecule has 0 aliphatic carbocycles. The fourth-order valence-corrected chi connectivity index (χ4v) is 3.82. The average molecular weight is 463 g/mol. The Morgan fingerprint density at radius 3 is 2.30 bits per heavy atom. The molecular formula is C22H30N4O7. The number of benzene rings is 1. The minimum Gasteiger partial charge on any atom is -0.493 e. The standard InChI is InChI=1S/C22H30N4O7/c1-5-32-20(28)17-18(14-7-8-15(30-3)16(13-14)31-4)23-21(24-19(17)27)25-9-11-26(12-10-25)22(29)33-6-2/h7-8,13,17-18H,5-6,9-12H2,1-4H3,(H,23,24,27)/t17-,18+/m0/s1. The van der Waals surface area contributed by atoms with Crippen molar-refractivity contribution < 1.29 is 33.3 Å². The zero-order valence-corrected chi connectivity index (χ0v) is 19.3. The van der Waals surface area contributed by atoms with Crippen LogP contribution in [-0.2, 0) is 19.1 Å². The smallest absolute Gasteiger partial charge is 0.409 e. The maximum atomic E-state index is 13.0. The van der Waals surface area contributed by atoms with Gasteiger partial charge in [0, 0.05) is 26.2 Å². The third kappa shape index (κ3) is 5.29. The molecule has 2 aliphatic heterocycles. The Kier molecular flexibility index (Phi) is 7.96. The first-order valence-corrected chi connectivity index (χ1v) is 10.9. The number of amides is 2. The maximum absolute atomic E-state index is 13.0. The molecule has 33 heavy (non-hydrogen) atoms. The van der Waals surface area contributed by atoms with Gasteiger partial charge in [-0.1, -0.05) is 6.07 Å². The normalized spacial score (nSPS) is 20.5. The lowest BCUT2D eigenvalue weighted by molar-refractivity contribution is -0.153. The molecule has 180 valence electrons. The van der Waals surface area contributed by atoms with E-state index in [1.807, 2.05) is 4.90 Å². The molecule has 1 N–H and O–H groups in total. The van der Waals surface area contributed by atoms with Gasteiger partial charge in [0.25, 0.3) is 0 Å². The summed E-state index contributed by atoms with van der Waals surface area (Å²) < 4.78 is 20.9. The lowest BCUT2D eigenvalue weighted by Gasteiger charge is -2.38. The van der Waals surface area contributed by atoms with E-state index in [1.165, 1.54) is 14.2 Å². The second-order valence-electron chi connectivity index (χ2n) is 7.40. The summed E-state index contributed by atoms with van der Waals surface area (Å²) in [4.78, 5) is 45.9. The summed E-state index contributed by atoms with van der Waals surface area (Å²) in [6, 6.07) is 4.34. The summed E-state index contributed by atoms with van der Waals surface area (Å²) in [5.74, 6) is -0.955. The van der Waals surface area contributed by atoms with Crippen molar-refractivity contribution >= 4 is 23.9 Å². The van der Waals surface area contributed by atoms with E-state index in [0.29, 0.717) is 55.8 Å². The molecule has 11 heteroatoms. The monoisotopic (exact) mass is 462 g/mol. The number of esters is 1. The molecule has 1 fully saturated rings. The van der Waals surface area contributed by atoms with Crippen LogP contribution in [0.25, 0.3) is 0 Å². The highest BCUT2D eigenvalue weighted by atomic mass is 16.6. The van der Waals surface area contributed by atoms with Crippen molar-refractivity contribution in [3.63, 3.8) is 0 Å². The van der Waals surface area contributed by atoms with Gasteiger partial charge in [0.15, 0.2) is 17.4 Å². The molecule has 1 aromatic carbocycles. The Labute approximate surface area is 192 Å². The van der Waals surface area contributed by atoms with E-state index in [4.69, 9.17) is 23.9 Å². The van der Waals surface area contributed by atoms with E-state index in [0.717, 1.165) is 0 Å². The number of nitrogens with one attached hydrogen (secondary N) is 1. The zero-order valence-electron chi connectivity index (χ0n) is 19.3. The molecule has 1 aromatic rings. The Morgan fingerprint density at radius 1 is 1.03 bits per heavy atom. The minimum absolute atomic E-state index is 0.146. The summed E-state index contributed by atoms with van der Waals surface area (Å²) in [5, 5.41) is 2.74. The van der Waals surface area contributed by atoms with E-state index in [2.05, 4.69) is 5.32 Å². The molecular weight excluding hydrogens is 432 g/mol. The number of rotatable bonds is 6. The number of methoxy groups -OCH3 is 2. The molecule has 2 heterocycles. The second kappa shape index (κ2) is 10.9. The first kappa shape index (κ1) is 24.1. The van der Waals surface area contributed by atoms with Gasteiger partial charge in [-0.05, 0) is 31.5 Å². The number of piperazine rings is 1. The Hall–Kier alpha value is -3.50. The van der Waals surface area contributed by atoms with E-state index in [-0.39, 0.29) is 12.7 Å². The number of ether oxygens (including phenoxy) is 4. The largest absolute Gasteiger partial charge is 0.493 e. The Morgan fingerprint density at radius 2 is 1.70 bits per heavy atom. The fourth-order valence-electron chi connectivity index (χ4n) is 3.82. The minimum atomic E-state index is -1.15. The summed E-state index contributed by atoms with van der Waals surface area (Å²) in [6.45, 7) is 5.67. The number of guanidine groups is 1. The molecule has 2 aliphatic rings. The molecule has 11 nitrogen and oxygen atoms in total. The number of hydrogen-bond donors (Lipinski definition) is 1. The highest BCUT2D eigenvalue weighted by Gasteiger charge is 2.42. The van der Waals surface area contributed by atoms with E-state index in [1.54, 1.807) is 36.9 Å². The Bertz CT molecular complexity index is 912. The number of hydrogen-bond acceptors (Lipinski definition) is 9. The number of carbonyl (C=O) groups excluding carboxylic acids is 3. The van der Waals surface area contributed by atoms with E-state index >= 15 is 0 Å². The predicted octanol–water partition coefficient (Wildman–Crippen LogP) is 1.18. The van der Waals surface area contributed by atoms with Crippen LogP contribution in [0.5, 0.6) is 11.5 Å². The third-order valence-corrected chi connectivity index (χ3v) is 5.49. The van der Waals surface area contributed by atoms with Crippen LogP contribution in [-0.4, -0.2) is 87.3 Å². The van der Waals surface area contributed by atoms with Crippen LogP contribution in [0.3, 0.4) is 0 Å². The van der Waals surface area contributed by atoms with Gasteiger partial charge in [0.1, 0.15) is 6.04 Å². The van der Waals surface area contributed by atoms with Gasteiger partial charge in [-0.3, -0.25) is 14.9 Å². The molecule has 0 spiro atoms. The van der Waals surface area contributed by atoms with Gasteiger partial charge >= 0.3 is 12.1 Å². The SMILES string of the molecule is CCOC(=O)[C@@H]1C(=O)NC(N2CCN(C(=O)OCC)CC2)=N[C@@H]1c1ccc(OC)c(OC)c1. The van der Waals surface area contributed by atoms with Crippen molar-refractivity contribution in [2.75, 3.05) is 53.6 Å². The molecule has 3 rings (SSSR count). The lowest BCUT2D eigenvalue weighted by Crippen LogP contribution is -2.58. The quantitative estimate of drug-likeness (QED) is 0.495. The molecule has 2 atom stereocenters. The van der Waals surface area contributed by atoms with Crippen molar-refractivity contribution in [1.82, 2.24) is 15.1 Å². The fraction of sp³-hybridized carbons (Fsp3) is 0.545. The molecule has 0 radical (unpaired) electrons.